The second-order valence-electron chi connectivity index (χ2n) is 7.88. The van der Waals surface area contributed by atoms with Gasteiger partial charge in [-0.1, -0.05) is 0 Å². The van der Waals surface area contributed by atoms with E-state index in [1.807, 2.05) is 19.9 Å². The van der Waals surface area contributed by atoms with Crippen LogP contribution in [0, 0.1) is 20.8 Å². The van der Waals surface area contributed by atoms with Gasteiger partial charge in [0.1, 0.15) is 22.4 Å². The molecule has 0 radical (unpaired) electrons. The number of hydrogen-bond acceptors (Lipinski definition) is 8. The van der Waals surface area contributed by atoms with Crippen molar-refractivity contribution in [1.82, 2.24) is 19.7 Å². The van der Waals surface area contributed by atoms with Crippen LogP contribution in [-0.2, 0) is 21.3 Å². The first-order valence-corrected chi connectivity index (χ1v) is 12.4. The summed E-state index contributed by atoms with van der Waals surface area (Å²) in [7, 11) is -3.75. The number of hydrogen-bond donors (Lipinski definition) is 2. The largest absolute Gasteiger partial charge is 0.378 e. The first-order chi connectivity index (χ1) is 15.8. The third-order valence-corrected chi connectivity index (χ3v) is 7.09. The molecule has 2 aromatic heterocycles. The summed E-state index contributed by atoms with van der Waals surface area (Å²) >= 11 is 0. The van der Waals surface area contributed by atoms with Crippen LogP contribution in [0.4, 0.5) is 23.0 Å². The minimum Gasteiger partial charge on any atom is -0.378 e. The second kappa shape index (κ2) is 9.36. The van der Waals surface area contributed by atoms with Crippen LogP contribution >= 0.6 is 0 Å². The molecule has 3 aromatic rings. The minimum absolute atomic E-state index is 0.221. The van der Waals surface area contributed by atoms with Crippen molar-refractivity contribution >= 4 is 33.0 Å². The van der Waals surface area contributed by atoms with E-state index in [0.717, 1.165) is 24.6 Å². The Labute approximate surface area is 194 Å². The Kier molecular flexibility index (Phi) is 6.52. The number of anilines is 4. The molecule has 2 N–H and O–H groups in total. The fraction of sp³-hybridized carbons (Fsp3) is 0.409. The molecule has 1 aliphatic rings. The van der Waals surface area contributed by atoms with Gasteiger partial charge in [0.05, 0.1) is 24.6 Å². The normalized spacial score (nSPS) is 14.4. The lowest BCUT2D eigenvalue weighted by Gasteiger charge is -2.28. The van der Waals surface area contributed by atoms with Crippen molar-refractivity contribution in [3.63, 3.8) is 0 Å². The average molecular weight is 472 g/mol. The van der Waals surface area contributed by atoms with Crippen molar-refractivity contribution in [2.75, 3.05) is 41.2 Å². The zero-order valence-electron chi connectivity index (χ0n) is 19.3. The third kappa shape index (κ3) is 5.09. The Balaban J connectivity index is 1.49. The summed E-state index contributed by atoms with van der Waals surface area (Å²) in [5.41, 5.74) is 2.36. The number of ether oxygens (including phenoxy) is 1. The van der Waals surface area contributed by atoms with Crippen molar-refractivity contribution in [2.45, 2.75) is 39.1 Å². The number of morpholine rings is 1. The number of aromatic nitrogens is 4. The molecule has 0 saturated carbocycles. The highest BCUT2D eigenvalue weighted by molar-refractivity contribution is 7.92. The van der Waals surface area contributed by atoms with Crippen LogP contribution in [0.3, 0.4) is 0 Å². The summed E-state index contributed by atoms with van der Waals surface area (Å²) in [5, 5.41) is 7.59. The van der Waals surface area contributed by atoms with Crippen LogP contribution in [-0.4, -0.2) is 54.5 Å². The summed E-state index contributed by atoms with van der Waals surface area (Å²) in [6, 6.07) is 8.95. The predicted molar refractivity (Wildman–Crippen MR) is 128 cm³/mol. The van der Waals surface area contributed by atoms with Gasteiger partial charge in [-0.25, -0.2) is 18.4 Å². The topological polar surface area (TPSA) is 114 Å². The van der Waals surface area contributed by atoms with Crippen LogP contribution in [0.2, 0.25) is 0 Å². The number of aryl methyl sites for hydroxylation is 3. The number of sulfonamides is 1. The van der Waals surface area contributed by atoms with E-state index in [1.54, 1.807) is 42.8 Å². The average Bonchev–Trinajstić information content (AvgIpc) is 3.09. The molecular formula is C22H29N7O3S. The lowest BCUT2D eigenvalue weighted by atomic mass is 10.3. The van der Waals surface area contributed by atoms with Gasteiger partial charge in [-0.2, -0.15) is 5.10 Å². The number of nitrogens with zero attached hydrogens (tertiary/aromatic N) is 5. The van der Waals surface area contributed by atoms with Crippen LogP contribution in [0.25, 0.3) is 0 Å². The Morgan fingerprint density at radius 3 is 2.33 bits per heavy atom. The Bertz CT molecular complexity index is 1230. The molecule has 0 amide bonds. The van der Waals surface area contributed by atoms with E-state index < -0.39 is 10.0 Å². The maximum absolute atomic E-state index is 13.0. The fourth-order valence-electron chi connectivity index (χ4n) is 3.92. The summed E-state index contributed by atoms with van der Waals surface area (Å²) in [6.07, 6.45) is 0. The van der Waals surface area contributed by atoms with Crippen LogP contribution in [0.5, 0.6) is 0 Å². The summed E-state index contributed by atoms with van der Waals surface area (Å²) in [5.74, 6) is 2.20. The molecule has 33 heavy (non-hydrogen) atoms. The molecule has 1 fully saturated rings. The van der Waals surface area contributed by atoms with Crippen LogP contribution in [0.1, 0.15) is 24.1 Å². The SMILES string of the molecule is CCn1nc(C)c(S(=O)(=O)Nc2ccc(Nc3cc(N4CCOCC4)nc(C)n3)cc2)c1C. The predicted octanol–water partition coefficient (Wildman–Crippen LogP) is 3.00. The van der Waals surface area contributed by atoms with E-state index in [0.29, 0.717) is 48.5 Å². The third-order valence-electron chi connectivity index (χ3n) is 5.45. The van der Waals surface area contributed by atoms with E-state index >= 15 is 0 Å². The molecule has 4 rings (SSSR count). The molecular weight excluding hydrogens is 442 g/mol. The van der Waals surface area contributed by atoms with Gasteiger partial charge in [0, 0.05) is 37.1 Å². The second-order valence-corrected chi connectivity index (χ2v) is 9.50. The van der Waals surface area contributed by atoms with Gasteiger partial charge in [0.15, 0.2) is 0 Å². The quantitative estimate of drug-likeness (QED) is 0.541. The standard InChI is InChI=1S/C22H29N7O3S/c1-5-29-16(3)22(15(2)26-29)33(30,31)27-19-8-6-18(7-9-19)25-20-14-21(24-17(4)23-20)28-10-12-32-13-11-28/h6-9,14,27H,5,10-13H2,1-4H3,(H,23,24,25). The molecule has 0 spiro atoms. The first-order valence-electron chi connectivity index (χ1n) is 10.9. The maximum atomic E-state index is 13.0. The van der Waals surface area contributed by atoms with Crippen molar-refractivity contribution in [3.05, 3.63) is 47.5 Å². The van der Waals surface area contributed by atoms with Gasteiger partial charge in [0.2, 0.25) is 0 Å². The van der Waals surface area contributed by atoms with Gasteiger partial charge < -0.3 is 15.0 Å². The molecule has 10 nitrogen and oxygen atoms in total. The molecule has 0 unspecified atom stereocenters. The summed E-state index contributed by atoms with van der Waals surface area (Å²) in [6.45, 7) is 10.8. The Morgan fingerprint density at radius 1 is 1.03 bits per heavy atom. The van der Waals surface area contributed by atoms with Crippen molar-refractivity contribution in [2.24, 2.45) is 0 Å². The molecule has 1 saturated heterocycles. The number of benzene rings is 1. The lowest BCUT2D eigenvalue weighted by Crippen LogP contribution is -2.36. The molecule has 11 heteroatoms. The summed E-state index contributed by atoms with van der Waals surface area (Å²) < 4.78 is 35.7. The van der Waals surface area contributed by atoms with E-state index in [4.69, 9.17) is 4.74 Å². The monoisotopic (exact) mass is 471 g/mol. The Hall–Kier alpha value is -3.18. The molecule has 0 aliphatic carbocycles. The highest BCUT2D eigenvalue weighted by Gasteiger charge is 2.24. The van der Waals surface area contributed by atoms with Crippen molar-refractivity contribution < 1.29 is 13.2 Å². The van der Waals surface area contributed by atoms with E-state index in [2.05, 4.69) is 30.0 Å². The number of rotatable bonds is 7. The first kappa shape index (κ1) is 23.0. The van der Waals surface area contributed by atoms with Crippen LogP contribution in [0.15, 0.2) is 35.2 Å². The van der Waals surface area contributed by atoms with E-state index in [1.165, 1.54) is 0 Å². The maximum Gasteiger partial charge on any atom is 0.265 e. The van der Waals surface area contributed by atoms with E-state index in [-0.39, 0.29) is 4.90 Å². The minimum atomic E-state index is -3.75. The zero-order chi connectivity index (χ0) is 23.6. The van der Waals surface area contributed by atoms with Gasteiger partial charge in [-0.3, -0.25) is 9.40 Å². The van der Waals surface area contributed by atoms with Crippen LogP contribution < -0.4 is 14.9 Å². The molecule has 1 aliphatic heterocycles. The lowest BCUT2D eigenvalue weighted by molar-refractivity contribution is 0.122. The van der Waals surface area contributed by atoms with Gasteiger partial charge in [-0.05, 0) is 52.0 Å². The van der Waals surface area contributed by atoms with Gasteiger partial charge >= 0.3 is 0 Å². The zero-order valence-corrected chi connectivity index (χ0v) is 20.1. The molecule has 0 bridgehead atoms. The Morgan fingerprint density at radius 2 is 1.70 bits per heavy atom. The molecule has 176 valence electrons. The fourth-order valence-corrected chi connectivity index (χ4v) is 5.40. The molecule has 1 aromatic carbocycles. The molecule has 3 heterocycles. The van der Waals surface area contributed by atoms with Gasteiger partial charge in [0.25, 0.3) is 10.0 Å². The van der Waals surface area contributed by atoms with E-state index in [9.17, 15) is 8.42 Å². The highest BCUT2D eigenvalue weighted by Crippen LogP contribution is 2.25. The van der Waals surface area contributed by atoms with Gasteiger partial charge in [-0.15, -0.1) is 0 Å². The summed E-state index contributed by atoms with van der Waals surface area (Å²) in [4.78, 5) is 11.4. The number of nitrogens with one attached hydrogen (secondary N) is 2. The van der Waals surface area contributed by atoms with Crippen molar-refractivity contribution in [1.29, 1.82) is 0 Å². The smallest absolute Gasteiger partial charge is 0.265 e. The molecule has 0 atom stereocenters. The van der Waals surface area contributed by atoms with Crippen molar-refractivity contribution in [3.8, 4) is 0 Å². The highest BCUT2D eigenvalue weighted by atomic mass is 32.2.